The lowest BCUT2D eigenvalue weighted by Gasteiger charge is -2.32. The molecule has 2 heterocycles. The van der Waals surface area contributed by atoms with Crippen LogP contribution in [0.15, 0.2) is 11.1 Å². The van der Waals surface area contributed by atoms with Crippen molar-refractivity contribution in [3.8, 4) is 0 Å². The lowest BCUT2D eigenvalue weighted by Crippen LogP contribution is -2.50. The standard InChI is InChI=1S/C9H17N5O4S2/c1-12-7-8(9(10)11-12)20(17,18)14-5-3-13(4-6-14)19(2,15)16/h7H,3-6H2,1-2H3,(H2,10,11). The molecule has 0 saturated carbocycles. The lowest BCUT2D eigenvalue weighted by molar-refractivity contribution is 0.274. The average molecular weight is 323 g/mol. The normalized spacial score (nSPS) is 19.3. The van der Waals surface area contributed by atoms with Gasteiger partial charge in [-0.05, 0) is 0 Å². The van der Waals surface area contributed by atoms with Gasteiger partial charge < -0.3 is 5.73 Å². The molecule has 1 saturated heterocycles. The van der Waals surface area contributed by atoms with E-state index in [1.165, 1.54) is 19.5 Å². The highest BCUT2D eigenvalue weighted by Crippen LogP contribution is 2.22. The SMILES string of the molecule is Cn1cc(S(=O)(=O)N2CCN(S(C)(=O)=O)CC2)c(N)n1. The van der Waals surface area contributed by atoms with Crippen LogP contribution in [-0.4, -0.2) is 67.7 Å². The zero-order valence-corrected chi connectivity index (χ0v) is 12.9. The third kappa shape index (κ3) is 2.80. The van der Waals surface area contributed by atoms with E-state index in [2.05, 4.69) is 5.10 Å². The number of nitrogens with two attached hydrogens (primary N) is 1. The summed E-state index contributed by atoms with van der Waals surface area (Å²) in [6, 6.07) is 0. The molecule has 0 spiro atoms. The Morgan fingerprint density at radius 2 is 1.60 bits per heavy atom. The largest absolute Gasteiger partial charge is 0.381 e. The van der Waals surface area contributed by atoms with E-state index in [0.29, 0.717) is 0 Å². The molecule has 2 N–H and O–H groups in total. The van der Waals surface area contributed by atoms with Crippen LogP contribution < -0.4 is 5.73 Å². The van der Waals surface area contributed by atoms with Crippen LogP contribution in [0.5, 0.6) is 0 Å². The van der Waals surface area contributed by atoms with Gasteiger partial charge in [0.1, 0.15) is 4.90 Å². The predicted octanol–water partition coefficient (Wildman–Crippen LogP) is -1.73. The molecule has 1 fully saturated rings. The maximum atomic E-state index is 12.4. The molecule has 1 aromatic heterocycles. The van der Waals surface area contributed by atoms with Crippen molar-refractivity contribution in [2.75, 3.05) is 38.2 Å². The summed E-state index contributed by atoms with van der Waals surface area (Å²) in [5, 5.41) is 3.81. The van der Waals surface area contributed by atoms with Crippen LogP contribution >= 0.6 is 0 Å². The number of nitrogen functional groups attached to an aromatic ring is 1. The number of hydrogen-bond donors (Lipinski definition) is 1. The van der Waals surface area contributed by atoms with Gasteiger partial charge in [-0.1, -0.05) is 0 Å². The van der Waals surface area contributed by atoms with Gasteiger partial charge in [-0.15, -0.1) is 0 Å². The van der Waals surface area contributed by atoms with E-state index < -0.39 is 20.0 Å². The van der Waals surface area contributed by atoms with Crippen LogP contribution in [0.4, 0.5) is 5.82 Å². The van der Waals surface area contributed by atoms with Gasteiger partial charge in [-0.3, -0.25) is 4.68 Å². The summed E-state index contributed by atoms with van der Waals surface area (Å²) in [5.74, 6) is -0.0574. The van der Waals surface area contributed by atoms with Crippen molar-refractivity contribution < 1.29 is 16.8 Å². The number of rotatable bonds is 3. The average Bonchev–Trinajstić information content (AvgIpc) is 2.68. The molecule has 0 unspecified atom stereocenters. The molecule has 11 heteroatoms. The Kier molecular flexibility index (Phi) is 3.79. The van der Waals surface area contributed by atoms with E-state index in [-0.39, 0.29) is 36.9 Å². The second-order valence-electron chi connectivity index (χ2n) is 4.62. The topological polar surface area (TPSA) is 119 Å². The number of anilines is 1. The molecule has 114 valence electrons. The lowest BCUT2D eigenvalue weighted by atomic mass is 10.4. The fourth-order valence-electron chi connectivity index (χ4n) is 2.06. The van der Waals surface area contributed by atoms with Crippen molar-refractivity contribution in [2.24, 2.45) is 7.05 Å². The minimum atomic E-state index is -3.74. The zero-order valence-electron chi connectivity index (χ0n) is 11.2. The van der Waals surface area contributed by atoms with Crippen LogP contribution in [0.25, 0.3) is 0 Å². The molecule has 1 aromatic rings. The molecule has 0 amide bonds. The van der Waals surface area contributed by atoms with Crippen LogP contribution in [-0.2, 0) is 27.1 Å². The molecule has 9 nitrogen and oxygen atoms in total. The number of piperazine rings is 1. The second-order valence-corrected chi connectivity index (χ2v) is 8.51. The smallest absolute Gasteiger partial charge is 0.248 e. The first kappa shape index (κ1) is 15.2. The Morgan fingerprint density at radius 3 is 2.00 bits per heavy atom. The molecule has 2 rings (SSSR count). The minimum Gasteiger partial charge on any atom is -0.381 e. The Morgan fingerprint density at radius 1 is 1.10 bits per heavy atom. The number of aromatic nitrogens is 2. The number of nitrogens with zero attached hydrogens (tertiary/aromatic N) is 4. The molecular weight excluding hydrogens is 306 g/mol. The number of sulfonamides is 2. The molecule has 0 bridgehead atoms. The van der Waals surface area contributed by atoms with Crippen LogP contribution in [0.1, 0.15) is 0 Å². The third-order valence-corrected chi connectivity index (χ3v) is 6.32. The maximum absolute atomic E-state index is 12.4. The highest BCUT2D eigenvalue weighted by Gasteiger charge is 2.33. The highest BCUT2D eigenvalue weighted by atomic mass is 32.2. The molecule has 1 aliphatic heterocycles. The van der Waals surface area contributed by atoms with E-state index in [4.69, 9.17) is 5.73 Å². The first-order valence-electron chi connectivity index (χ1n) is 5.87. The molecule has 0 radical (unpaired) electrons. The molecule has 0 atom stereocenters. The summed E-state index contributed by atoms with van der Waals surface area (Å²) in [6.45, 7) is 0.476. The third-order valence-electron chi connectivity index (χ3n) is 3.11. The van der Waals surface area contributed by atoms with Gasteiger partial charge in [0.2, 0.25) is 20.0 Å². The van der Waals surface area contributed by atoms with Gasteiger partial charge in [0.15, 0.2) is 5.82 Å². The Labute approximate surface area is 118 Å². The number of hydrogen-bond acceptors (Lipinski definition) is 6. The fraction of sp³-hybridized carbons (Fsp3) is 0.667. The molecule has 20 heavy (non-hydrogen) atoms. The quantitative estimate of drug-likeness (QED) is 0.706. The minimum absolute atomic E-state index is 0.0483. The second kappa shape index (κ2) is 4.98. The van der Waals surface area contributed by atoms with Crippen LogP contribution in [0, 0.1) is 0 Å². The summed E-state index contributed by atoms with van der Waals surface area (Å²) in [6.07, 6.45) is 2.45. The van der Waals surface area contributed by atoms with Gasteiger partial charge in [0.25, 0.3) is 0 Å². The zero-order chi connectivity index (χ0) is 15.1. The number of aryl methyl sites for hydroxylation is 1. The fourth-order valence-corrected chi connectivity index (χ4v) is 4.40. The van der Waals surface area contributed by atoms with Crippen molar-refractivity contribution in [3.63, 3.8) is 0 Å². The molecular formula is C9H17N5O4S2. The van der Waals surface area contributed by atoms with Gasteiger partial charge in [-0.25, -0.2) is 16.8 Å². The summed E-state index contributed by atoms with van der Waals surface area (Å²) in [4.78, 5) is -0.0483. The van der Waals surface area contributed by atoms with Gasteiger partial charge in [-0.2, -0.15) is 13.7 Å². The Balaban J connectivity index is 2.20. The van der Waals surface area contributed by atoms with E-state index in [1.54, 1.807) is 7.05 Å². The predicted molar refractivity (Wildman–Crippen MR) is 72.8 cm³/mol. The van der Waals surface area contributed by atoms with Gasteiger partial charge >= 0.3 is 0 Å². The highest BCUT2D eigenvalue weighted by molar-refractivity contribution is 7.89. The summed E-state index contributed by atoms with van der Waals surface area (Å²) < 4.78 is 51.4. The first-order valence-corrected chi connectivity index (χ1v) is 9.15. The van der Waals surface area contributed by atoms with Gasteiger partial charge in [0, 0.05) is 39.4 Å². The van der Waals surface area contributed by atoms with Crippen molar-refractivity contribution in [3.05, 3.63) is 6.20 Å². The van der Waals surface area contributed by atoms with Crippen LogP contribution in [0.3, 0.4) is 0 Å². The van der Waals surface area contributed by atoms with E-state index in [9.17, 15) is 16.8 Å². The van der Waals surface area contributed by atoms with Crippen molar-refractivity contribution >= 4 is 25.9 Å². The monoisotopic (exact) mass is 323 g/mol. The van der Waals surface area contributed by atoms with E-state index >= 15 is 0 Å². The van der Waals surface area contributed by atoms with Crippen molar-refractivity contribution in [1.29, 1.82) is 0 Å². The van der Waals surface area contributed by atoms with Gasteiger partial charge in [0.05, 0.1) is 6.26 Å². The summed E-state index contributed by atoms with van der Waals surface area (Å²) >= 11 is 0. The van der Waals surface area contributed by atoms with E-state index in [1.807, 2.05) is 0 Å². The first-order chi connectivity index (χ1) is 9.12. The van der Waals surface area contributed by atoms with Crippen molar-refractivity contribution in [2.45, 2.75) is 4.90 Å². The molecule has 0 aromatic carbocycles. The van der Waals surface area contributed by atoms with E-state index in [0.717, 1.165) is 6.26 Å². The van der Waals surface area contributed by atoms with Crippen molar-refractivity contribution in [1.82, 2.24) is 18.4 Å². The Hall–Kier alpha value is -1.17. The maximum Gasteiger partial charge on any atom is 0.248 e. The molecule has 0 aliphatic carbocycles. The summed E-state index contributed by atoms with van der Waals surface area (Å²) in [5.41, 5.74) is 5.59. The molecule has 1 aliphatic rings. The summed E-state index contributed by atoms with van der Waals surface area (Å²) in [7, 11) is -5.45. The van der Waals surface area contributed by atoms with Crippen LogP contribution in [0.2, 0.25) is 0 Å². The Bertz CT molecular complexity index is 701.